The van der Waals surface area contributed by atoms with Crippen molar-refractivity contribution in [2.75, 3.05) is 13.1 Å². The van der Waals surface area contributed by atoms with E-state index in [2.05, 4.69) is 15.6 Å². The van der Waals surface area contributed by atoms with Gasteiger partial charge in [-0.3, -0.25) is 9.78 Å². The van der Waals surface area contributed by atoms with E-state index in [4.69, 9.17) is 11.6 Å². The first-order chi connectivity index (χ1) is 11.7. The lowest BCUT2D eigenvalue weighted by atomic mass is 9.76. The van der Waals surface area contributed by atoms with Gasteiger partial charge in [0.05, 0.1) is 16.1 Å². The second-order valence-electron chi connectivity index (χ2n) is 7.04. The topological polar surface area (TPSA) is 54.0 Å². The van der Waals surface area contributed by atoms with E-state index in [-0.39, 0.29) is 11.3 Å². The highest BCUT2D eigenvalue weighted by Gasteiger charge is 2.44. The smallest absolute Gasteiger partial charge is 0.252 e. The third kappa shape index (κ3) is 2.68. The predicted octanol–water partition coefficient (Wildman–Crippen LogP) is 3.54. The second kappa shape index (κ2) is 6.34. The van der Waals surface area contributed by atoms with E-state index in [1.54, 1.807) is 12.3 Å². The molecular weight excluding hydrogens is 322 g/mol. The van der Waals surface area contributed by atoms with Gasteiger partial charge >= 0.3 is 0 Å². The van der Waals surface area contributed by atoms with E-state index in [1.165, 1.54) is 32.1 Å². The van der Waals surface area contributed by atoms with Crippen LogP contribution in [0.15, 0.2) is 30.5 Å². The number of hydrogen-bond donors (Lipinski definition) is 2. The van der Waals surface area contributed by atoms with Crippen molar-refractivity contribution in [2.24, 2.45) is 5.41 Å². The van der Waals surface area contributed by atoms with Gasteiger partial charge in [0, 0.05) is 29.6 Å². The molecule has 2 fully saturated rings. The summed E-state index contributed by atoms with van der Waals surface area (Å²) in [6.45, 7) is 1.83. The number of benzene rings is 1. The third-order valence-corrected chi connectivity index (χ3v) is 6.12. The van der Waals surface area contributed by atoms with Crippen LogP contribution in [-0.2, 0) is 0 Å². The number of amides is 1. The molecule has 1 aliphatic heterocycles. The number of nitrogens with one attached hydrogen (secondary N) is 2. The van der Waals surface area contributed by atoms with Gasteiger partial charge < -0.3 is 10.6 Å². The molecule has 5 heteroatoms. The van der Waals surface area contributed by atoms with Crippen LogP contribution < -0.4 is 10.6 Å². The lowest BCUT2D eigenvalue weighted by Gasteiger charge is -2.40. The number of hydrogen-bond acceptors (Lipinski definition) is 3. The van der Waals surface area contributed by atoms with Crippen molar-refractivity contribution in [3.8, 4) is 0 Å². The summed E-state index contributed by atoms with van der Waals surface area (Å²) < 4.78 is 0. The Labute approximate surface area is 147 Å². The maximum atomic E-state index is 12.7. The van der Waals surface area contributed by atoms with Gasteiger partial charge in [-0.05, 0) is 56.5 Å². The van der Waals surface area contributed by atoms with Crippen molar-refractivity contribution in [3.63, 3.8) is 0 Å². The number of piperidine rings is 1. The number of carbonyl (C=O) groups excluding carboxylic acids is 1. The van der Waals surface area contributed by atoms with Crippen LogP contribution in [0.1, 0.15) is 42.5 Å². The van der Waals surface area contributed by atoms with E-state index in [1.807, 2.05) is 18.2 Å². The molecule has 1 aliphatic carbocycles. The Morgan fingerprint density at radius 1 is 1.33 bits per heavy atom. The number of halogens is 1. The molecular formula is C19H22ClN3O. The zero-order chi connectivity index (χ0) is 16.6. The average Bonchev–Trinajstić information content (AvgIpc) is 3.04. The van der Waals surface area contributed by atoms with Crippen molar-refractivity contribution >= 4 is 28.4 Å². The molecule has 2 aromatic rings. The first-order valence-corrected chi connectivity index (χ1v) is 9.12. The molecule has 24 heavy (non-hydrogen) atoms. The minimum absolute atomic E-state index is 0.0867. The Bertz CT molecular complexity index is 778. The van der Waals surface area contributed by atoms with Crippen LogP contribution in [0.3, 0.4) is 0 Å². The zero-order valence-corrected chi connectivity index (χ0v) is 14.4. The predicted molar refractivity (Wildman–Crippen MR) is 96.4 cm³/mol. The molecule has 2 heterocycles. The van der Waals surface area contributed by atoms with Crippen LogP contribution in [0, 0.1) is 5.41 Å². The van der Waals surface area contributed by atoms with E-state index < -0.39 is 0 Å². The van der Waals surface area contributed by atoms with Crippen molar-refractivity contribution in [2.45, 2.75) is 38.1 Å². The summed E-state index contributed by atoms with van der Waals surface area (Å²) in [6.07, 6.45) is 7.78. The summed E-state index contributed by atoms with van der Waals surface area (Å²) in [5.41, 5.74) is 1.57. The van der Waals surface area contributed by atoms with Gasteiger partial charge in [-0.25, -0.2) is 0 Å². The molecule has 1 amide bonds. The number of pyridine rings is 1. The van der Waals surface area contributed by atoms with Crippen LogP contribution in [-0.4, -0.2) is 30.0 Å². The van der Waals surface area contributed by atoms with E-state index >= 15 is 0 Å². The molecule has 0 spiro atoms. The van der Waals surface area contributed by atoms with Gasteiger partial charge in [0.15, 0.2) is 0 Å². The average molecular weight is 344 g/mol. The van der Waals surface area contributed by atoms with Gasteiger partial charge in [-0.1, -0.05) is 18.0 Å². The first-order valence-electron chi connectivity index (χ1n) is 8.74. The highest BCUT2D eigenvalue weighted by molar-refractivity contribution is 6.38. The van der Waals surface area contributed by atoms with Gasteiger partial charge in [0.1, 0.15) is 0 Å². The summed E-state index contributed by atoms with van der Waals surface area (Å²) in [5.74, 6) is -0.0867. The molecule has 1 aromatic carbocycles. The molecule has 1 saturated heterocycles. The Morgan fingerprint density at radius 2 is 2.21 bits per heavy atom. The monoisotopic (exact) mass is 343 g/mol. The van der Waals surface area contributed by atoms with E-state index in [0.29, 0.717) is 16.6 Å². The standard InChI is InChI=1S/C19H22ClN3O/c20-17-13-4-2-10-21-15(13)7-6-14(17)18(24)23-12-19-8-1-5-16(19)22-11-3-9-19/h2,4,6-7,10,16,22H,1,3,5,8-9,11-12H2,(H,23,24). The van der Waals surface area contributed by atoms with Gasteiger partial charge in [-0.15, -0.1) is 0 Å². The quantitative estimate of drug-likeness (QED) is 0.896. The molecule has 2 atom stereocenters. The molecule has 2 unspecified atom stereocenters. The molecule has 4 nitrogen and oxygen atoms in total. The molecule has 126 valence electrons. The summed E-state index contributed by atoms with van der Waals surface area (Å²) in [7, 11) is 0. The summed E-state index contributed by atoms with van der Waals surface area (Å²) in [6, 6.07) is 7.91. The number of carbonyl (C=O) groups is 1. The lowest BCUT2D eigenvalue weighted by Crippen LogP contribution is -2.51. The molecule has 0 bridgehead atoms. The van der Waals surface area contributed by atoms with Crippen LogP contribution in [0.4, 0.5) is 0 Å². The molecule has 1 aromatic heterocycles. The van der Waals surface area contributed by atoms with Crippen LogP contribution in [0.2, 0.25) is 5.02 Å². The normalized spacial score (nSPS) is 26.3. The largest absolute Gasteiger partial charge is 0.351 e. The Kier molecular flexibility index (Phi) is 4.19. The van der Waals surface area contributed by atoms with E-state index in [9.17, 15) is 4.79 Å². The summed E-state index contributed by atoms with van der Waals surface area (Å²) in [5, 5.41) is 8.10. The molecule has 2 N–H and O–H groups in total. The fourth-order valence-electron chi connectivity index (χ4n) is 4.42. The first kappa shape index (κ1) is 15.9. The minimum atomic E-state index is -0.0867. The highest BCUT2D eigenvalue weighted by atomic mass is 35.5. The second-order valence-corrected chi connectivity index (χ2v) is 7.42. The minimum Gasteiger partial charge on any atom is -0.351 e. The number of rotatable bonds is 3. The summed E-state index contributed by atoms with van der Waals surface area (Å²) in [4.78, 5) is 17.0. The fourth-order valence-corrected chi connectivity index (χ4v) is 4.73. The molecule has 1 saturated carbocycles. The van der Waals surface area contributed by atoms with Crippen molar-refractivity contribution in [3.05, 3.63) is 41.0 Å². The molecule has 2 aliphatic rings. The highest BCUT2D eigenvalue weighted by Crippen LogP contribution is 2.43. The molecule has 0 radical (unpaired) electrons. The van der Waals surface area contributed by atoms with Crippen molar-refractivity contribution in [1.82, 2.24) is 15.6 Å². The summed E-state index contributed by atoms with van der Waals surface area (Å²) >= 11 is 6.45. The fraction of sp³-hybridized carbons (Fsp3) is 0.474. The van der Waals surface area contributed by atoms with Crippen molar-refractivity contribution in [1.29, 1.82) is 0 Å². The lowest BCUT2D eigenvalue weighted by molar-refractivity contribution is 0.0899. The molecule has 4 rings (SSSR count). The SMILES string of the molecule is O=C(NCC12CCCNC1CCC2)c1ccc2ncccc2c1Cl. The maximum absolute atomic E-state index is 12.7. The Hall–Kier alpha value is -1.65. The van der Waals surface area contributed by atoms with Gasteiger partial charge in [-0.2, -0.15) is 0 Å². The van der Waals surface area contributed by atoms with Gasteiger partial charge in [0.25, 0.3) is 5.91 Å². The van der Waals surface area contributed by atoms with E-state index in [0.717, 1.165) is 24.0 Å². The van der Waals surface area contributed by atoms with Gasteiger partial charge in [0.2, 0.25) is 0 Å². The number of aromatic nitrogens is 1. The Morgan fingerprint density at radius 3 is 3.12 bits per heavy atom. The van der Waals surface area contributed by atoms with Crippen LogP contribution in [0.5, 0.6) is 0 Å². The number of nitrogens with zero attached hydrogens (tertiary/aromatic N) is 1. The van der Waals surface area contributed by atoms with Crippen LogP contribution in [0.25, 0.3) is 10.9 Å². The Balaban J connectivity index is 1.53. The zero-order valence-electron chi connectivity index (χ0n) is 13.6. The third-order valence-electron chi connectivity index (χ3n) is 5.71. The van der Waals surface area contributed by atoms with Crippen LogP contribution >= 0.6 is 11.6 Å². The maximum Gasteiger partial charge on any atom is 0.252 e. The van der Waals surface area contributed by atoms with Crippen molar-refractivity contribution < 1.29 is 4.79 Å². The number of fused-ring (bicyclic) bond motifs is 2.